The molecule has 0 amide bonds. The average molecular weight is 479 g/mol. The Labute approximate surface area is 179 Å². The van der Waals surface area contributed by atoms with E-state index in [2.05, 4.69) is 17.6 Å². The lowest BCUT2D eigenvalue weighted by Crippen LogP contribution is -2.40. The van der Waals surface area contributed by atoms with Crippen LogP contribution in [0.2, 0.25) is 0 Å². The Hall–Kier alpha value is -1.60. The predicted molar refractivity (Wildman–Crippen MR) is 123 cm³/mol. The van der Waals surface area contributed by atoms with Crippen LogP contribution in [0.25, 0.3) is 0 Å². The van der Waals surface area contributed by atoms with E-state index in [4.69, 9.17) is 4.99 Å². The summed E-state index contributed by atoms with van der Waals surface area (Å²) >= 11 is 0. The van der Waals surface area contributed by atoms with Gasteiger partial charge in [-0.1, -0.05) is 60.7 Å². The van der Waals surface area contributed by atoms with Crippen LogP contribution in [-0.4, -0.2) is 30.7 Å². The molecule has 1 atom stereocenters. The highest BCUT2D eigenvalue weighted by molar-refractivity contribution is 14.0. The quantitative estimate of drug-likeness (QED) is 0.308. The molecule has 3 N–H and O–H groups in total. The number of halogens is 1. The lowest BCUT2D eigenvalue weighted by Gasteiger charge is -2.28. The van der Waals surface area contributed by atoms with Crippen LogP contribution in [0.15, 0.2) is 65.7 Å². The predicted octanol–water partition coefficient (Wildman–Crippen LogP) is 3.70. The Balaban J connectivity index is 0.00000261. The molecule has 0 heterocycles. The number of rotatable bonds is 8. The average Bonchev–Trinajstić information content (AvgIpc) is 3.50. The summed E-state index contributed by atoms with van der Waals surface area (Å²) in [5, 5.41) is 18.2. The summed E-state index contributed by atoms with van der Waals surface area (Å²) < 4.78 is 0. The normalized spacial score (nSPS) is 16.1. The van der Waals surface area contributed by atoms with Gasteiger partial charge in [0.15, 0.2) is 5.96 Å². The van der Waals surface area contributed by atoms with Crippen LogP contribution in [0.4, 0.5) is 0 Å². The summed E-state index contributed by atoms with van der Waals surface area (Å²) in [5.74, 6) is 1.55. The Bertz CT molecular complexity index is 704. The van der Waals surface area contributed by atoms with Crippen molar-refractivity contribution in [3.63, 3.8) is 0 Å². The first-order valence-electron chi connectivity index (χ1n) is 9.53. The molecule has 0 saturated heterocycles. The molecule has 1 fully saturated rings. The number of nitrogens with zero attached hydrogens (tertiary/aromatic N) is 1. The van der Waals surface area contributed by atoms with Crippen molar-refractivity contribution in [2.24, 2.45) is 10.9 Å². The molecule has 146 valence electrons. The molecule has 0 bridgehead atoms. The van der Waals surface area contributed by atoms with Gasteiger partial charge in [0.05, 0.1) is 6.54 Å². The van der Waals surface area contributed by atoms with Crippen molar-refractivity contribution < 1.29 is 5.11 Å². The molecule has 5 heteroatoms. The molecule has 0 aliphatic heterocycles. The van der Waals surface area contributed by atoms with Gasteiger partial charge in [0.25, 0.3) is 0 Å². The van der Waals surface area contributed by atoms with E-state index in [0.29, 0.717) is 13.0 Å². The van der Waals surface area contributed by atoms with Crippen LogP contribution in [0, 0.1) is 5.92 Å². The van der Waals surface area contributed by atoms with E-state index >= 15 is 0 Å². The van der Waals surface area contributed by atoms with E-state index in [1.807, 2.05) is 60.7 Å². The molecule has 2 aromatic rings. The number of hydrogen-bond acceptors (Lipinski definition) is 2. The number of aliphatic imine (C=N–C) groups is 1. The van der Waals surface area contributed by atoms with Crippen molar-refractivity contribution in [1.29, 1.82) is 0 Å². The molecular weight excluding hydrogens is 449 g/mol. The number of aliphatic hydroxyl groups is 1. The summed E-state index contributed by atoms with van der Waals surface area (Å²) in [7, 11) is 0. The zero-order valence-electron chi connectivity index (χ0n) is 15.9. The third kappa shape index (κ3) is 6.81. The first kappa shape index (κ1) is 21.7. The first-order chi connectivity index (χ1) is 12.7. The lowest BCUT2D eigenvalue weighted by atomic mass is 9.87. The topological polar surface area (TPSA) is 56.7 Å². The number of guanidine groups is 1. The fourth-order valence-electron chi connectivity index (χ4n) is 3.05. The molecule has 1 aliphatic rings. The monoisotopic (exact) mass is 479 g/mol. The summed E-state index contributed by atoms with van der Waals surface area (Å²) in [6.45, 7) is 4.13. The maximum Gasteiger partial charge on any atom is 0.191 e. The van der Waals surface area contributed by atoms with E-state index in [1.165, 1.54) is 12.8 Å². The van der Waals surface area contributed by atoms with Crippen LogP contribution in [0.5, 0.6) is 0 Å². The van der Waals surface area contributed by atoms with Crippen LogP contribution in [0.3, 0.4) is 0 Å². The highest BCUT2D eigenvalue weighted by atomic mass is 127. The van der Waals surface area contributed by atoms with Crippen LogP contribution in [-0.2, 0) is 12.0 Å². The summed E-state index contributed by atoms with van der Waals surface area (Å²) in [4.78, 5) is 4.70. The number of nitrogens with one attached hydrogen (secondary N) is 2. The Morgan fingerprint density at radius 3 is 2.26 bits per heavy atom. The third-order valence-corrected chi connectivity index (χ3v) is 4.75. The van der Waals surface area contributed by atoms with Gasteiger partial charge in [-0.2, -0.15) is 0 Å². The molecule has 3 rings (SSSR count). The number of hydrogen-bond donors (Lipinski definition) is 3. The van der Waals surface area contributed by atoms with Crippen molar-refractivity contribution in [2.75, 3.05) is 19.6 Å². The van der Waals surface area contributed by atoms with E-state index in [1.54, 1.807) is 0 Å². The summed E-state index contributed by atoms with van der Waals surface area (Å²) in [6.07, 6.45) is 3.13. The van der Waals surface area contributed by atoms with Gasteiger partial charge in [0.1, 0.15) is 5.60 Å². The molecular formula is C22H30IN3O. The standard InChI is InChI=1S/C22H29N3O.HI/c1-2-23-21(24-16-19-13-14-19)25-17-22(26,20-11-7-4-8-12-20)15-18-9-5-3-6-10-18;/h3-12,19,26H,2,13-17H2,1H3,(H2,23,24,25);1H. The Morgan fingerprint density at radius 1 is 1.04 bits per heavy atom. The van der Waals surface area contributed by atoms with Gasteiger partial charge in [0.2, 0.25) is 0 Å². The van der Waals surface area contributed by atoms with Crippen LogP contribution in [0.1, 0.15) is 30.9 Å². The highest BCUT2D eigenvalue weighted by Crippen LogP contribution is 2.28. The highest BCUT2D eigenvalue weighted by Gasteiger charge is 2.30. The van der Waals surface area contributed by atoms with Gasteiger partial charge in [-0.15, -0.1) is 24.0 Å². The Kier molecular flexibility index (Phi) is 8.57. The van der Waals surface area contributed by atoms with Gasteiger partial charge in [0, 0.05) is 19.5 Å². The second kappa shape index (κ2) is 10.7. The second-order valence-electron chi connectivity index (χ2n) is 7.08. The van der Waals surface area contributed by atoms with Crippen molar-refractivity contribution in [3.05, 3.63) is 71.8 Å². The molecule has 4 nitrogen and oxygen atoms in total. The molecule has 0 radical (unpaired) electrons. The van der Waals surface area contributed by atoms with E-state index in [-0.39, 0.29) is 24.0 Å². The first-order valence-corrected chi connectivity index (χ1v) is 9.53. The van der Waals surface area contributed by atoms with Gasteiger partial charge in [-0.25, -0.2) is 4.99 Å². The minimum atomic E-state index is -1.04. The van der Waals surface area contributed by atoms with E-state index in [0.717, 1.165) is 36.1 Å². The van der Waals surface area contributed by atoms with Crippen molar-refractivity contribution in [2.45, 2.75) is 31.8 Å². The van der Waals surface area contributed by atoms with Gasteiger partial charge >= 0.3 is 0 Å². The molecule has 1 unspecified atom stereocenters. The molecule has 0 spiro atoms. The molecule has 2 aromatic carbocycles. The smallest absolute Gasteiger partial charge is 0.191 e. The van der Waals surface area contributed by atoms with Crippen LogP contribution < -0.4 is 10.6 Å². The van der Waals surface area contributed by atoms with Gasteiger partial charge in [-0.3, -0.25) is 0 Å². The summed E-state index contributed by atoms with van der Waals surface area (Å²) in [5.41, 5.74) is 0.959. The zero-order chi connectivity index (χ0) is 18.2. The fraction of sp³-hybridized carbons (Fsp3) is 0.409. The largest absolute Gasteiger partial charge is 0.383 e. The minimum absolute atomic E-state index is 0. The van der Waals surface area contributed by atoms with E-state index < -0.39 is 5.60 Å². The van der Waals surface area contributed by atoms with Crippen LogP contribution >= 0.6 is 24.0 Å². The Morgan fingerprint density at radius 2 is 1.67 bits per heavy atom. The molecule has 1 aliphatic carbocycles. The van der Waals surface area contributed by atoms with Gasteiger partial charge < -0.3 is 15.7 Å². The van der Waals surface area contributed by atoms with Crippen molar-refractivity contribution in [3.8, 4) is 0 Å². The van der Waals surface area contributed by atoms with Crippen molar-refractivity contribution in [1.82, 2.24) is 10.6 Å². The van der Waals surface area contributed by atoms with Gasteiger partial charge in [-0.05, 0) is 36.8 Å². The molecule has 1 saturated carbocycles. The molecule has 27 heavy (non-hydrogen) atoms. The summed E-state index contributed by atoms with van der Waals surface area (Å²) in [6, 6.07) is 20.0. The van der Waals surface area contributed by atoms with Crippen molar-refractivity contribution >= 4 is 29.9 Å². The second-order valence-corrected chi connectivity index (χ2v) is 7.08. The maximum atomic E-state index is 11.5. The SMILES string of the molecule is CCNC(=NCC(O)(Cc1ccccc1)c1ccccc1)NCC1CC1.I. The maximum absolute atomic E-state index is 11.5. The minimum Gasteiger partial charge on any atom is -0.383 e. The van der Waals surface area contributed by atoms with E-state index in [9.17, 15) is 5.11 Å². The fourth-order valence-corrected chi connectivity index (χ4v) is 3.05. The number of benzene rings is 2. The lowest BCUT2D eigenvalue weighted by molar-refractivity contribution is 0.0467. The third-order valence-electron chi connectivity index (χ3n) is 4.75. The molecule has 0 aromatic heterocycles. The zero-order valence-corrected chi connectivity index (χ0v) is 18.2.